The Labute approximate surface area is 104 Å². The Hall–Kier alpha value is -1.85. The van der Waals surface area contributed by atoms with Gasteiger partial charge in [0.15, 0.2) is 5.96 Å². The number of guanidine groups is 1. The van der Waals surface area contributed by atoms with E-state index in [1.165, 1.54) is 0 Å². The van der Waals surface area contributed by atoms with Crippen molar-refractivity contribution in [3.05, 3.63) is 24.3 Å². The number of hydrogen-bond acceptors (Lipinski definition) is 2. The SMILES string of the molecule is COc1ccc(NC(N)=N[C@H]2C[C@@H]2C(F)F)cc1. The molecule has 2 rings (SSSR count). The van der Waals surface area contributed by atoms with E-state index in [2.05, 4.69) is 10.3 Å². The Morgan fingerprint density at radius 1 is 1.44 bits per heavy atom. The first-order valence-electron chi connectivity index (χ1n) is 5.62. The average Bonchev–Trinajstić information content (AvgIpc) is 3.09. The first-order valence-corrected chi connectivity index (χ1v) is 5.62. The minimum atomic E-state index is -2.31. The largest absolute Gasteiger partial charge is 0.497 e. The van der Waals surface area contributed by atoms with Gasteiger partial charge in [0.25, 0.3) is 0 Å². The van der Waals surface area contributed by atoms with Crippen LogP contribution in [0.3, 0.4) is 0 Å². The number of aliphatic imine (C=N–C) groups is 1. The van der Waals surface area contributed by atoms with E-state index in [-0.39, 0.29) is 12.0 Å². The van der Waals surface area contributed by atoms with E-state index in [1.54, 1.807) is 31.4 Å². The van der Waals surface area contributed by atoms with Crippen molar-refractivity contribution >= 4 is 11.6 Å². The third-order valence-corrected chi connectivity index (χ3v) is 2.80. The molecule has 4 nitrogen and oxygen atoms in total. The second kappa shape index (κ2) is 5.20. The summed E-state index contributed by atoms with van der Waals surface area (Å²) in [5, 5.41) is 2.85. The molecule has 2 atom stereocenters. The van der Waals surface area contributed by atoms with Gasteiger partial charge in [0.2, 0.25) is 6.43 Å². The smallest absolute Gasteiger partial charge is 0.243 e. The summed E-state index contributed by atoms with van der Waals surface area (Å²) in [6, 6.07) is 6.75. The van der Waals surface area contributed by atoms with Crippen LogP contribution in [0.25, 0.3) is 0 Å². The molecule has 0 aromatic heterocycles. The lowest BCUT2D eigenvalue weighted by Gasteiger charge is -2.06. The quantitative estimate of drug-likeness (QED) is 0.639. The van der Waals surface area contributed by atoms with Gasteiger partial charge in [-0.05, 0) is 30.7 Å². The predicted octanol–water partition coefficient (Wildman–Crippen LogP) is 2.08. The van der Waals surface area contributed by atoms with Gasteiger partial charge in [0.1, 0.15) is 5.75 Å². The molecule has 1 aromatic rings. The third kappa shape index (κ3) is 3.09. The van der Waals surface area contributed by atoms with E-state index in [4.69, 9.17) is 10.5 Å². The molecule has 0 radical (unpaired) electrons. The zero-order valence-electron chi connectivity index (χ0n) is 9.94. The number of halogens is 2. The van der Waals surface area contributed by atoms with Crippen molar-refractivity contribution in [1.29, 1.82) is 0 Å². The molecule has 0 unspecified atom stereocenters. The number of benzene rings is 1. The Morgan fingerprint density at radius 3 is 2.61 bits per heavy atom. The Bertz CT molecular complexity index is 433. The third-order valence-electron chi connectivity index (χ3n) is 2.80. The van der Waals surface area contributed by atoms with Crippen LogP contribution in [0.1, 0.15) is 6.42 Å². The average molecular weight is 255 g/mol. The van der Waals surface area contributed by atoms with E-state index < -0.39 is 12.3 Å². The summed E-state index contributed by atoms with van der Waals surface area (Å²) in [7, 11) is 1.58. The van der Waals surface area contributed by atoms with Crippen LogP contribution in [0.5, 0.6) is 5.75 Å². The fourth-order valence-electron chi connectivity index (χ4n) is 1.65. The van der Waals surface area contributed by atoms with Crippen molar-refractivity contribution in [3.8, 4) is 5.75 Å². The number of nitrogens with two attached hydrogens (primary N) is 1. The molecule has 1 aromatic carbocycles. The van der Waals surface area contributed by atoms with Gasteiger partial charge in [-0.25, -0.2) is 13.8 Å². The van der Waals surface area contributed by atoms with Gasteiger partial charge in [-0.2, -0.15) is 0 Å². The number of hydrogen-bond donors (Lipinski definition) is 2. The molecule has 1 aliphatic carbocycles. The van der Waals surface area contributed by atoms with Crippen LogP contribution >= 0.6 is 0 Å². The van der Waals surface area contributed by atoms with Crippen LogP contribution in [0.15, 0.2) is 29.3 Å². The number of anilines is 1. The van der Waals surface area contributed by atoms with E-state index >= 15 is 0 Å². The maximum Gasteiger partial charge on any atom is 0.243 e. The Kier molecular flexibility index (Phi) is 3.64. The van der Waals surface area contributed by atoms with Crippen LogP contribution in [0, 0.1) is 5.92 Å². The summed E-state index contributed by atoms with van der Waals surface area (Å²) < 4.78 is 29.6. The van der Waals surface area contributed by atoms with Crippen LogP contribution in [0.2, 0.25) is 0 Å². The van der Waals surface area contributed by atoms with Gasteiger partial charge >= 0.3 is 0 Å². The lowest BCUT2D eigenvalue weighted by molar-refractivity contribution is 0.121. The molecule has 1 saturated carbocycles. The molecular formula is C12H15F2N3O. The topological polar surface area (TPSA) is 59.6 Å². The van der Waals surface area contributed by atoms with Gasteiger partial charge < -0.3 is 15.8 Å². The van der Waals surface area contributed by atoms with Crippen LogP contribution in [-0.4, -0.2) is 25.5 Å². The summed E-state index contributed by atoms with van der Waals surface area (Å²) in [4.78, 5) is 4.00. The van der Waals surface area contributed by atoms with Gasteiger partial charge in [0, 0.05) is 11.6 Å². The summed E-state index contributed by atoms with van der Waals surface area (Å²) >= 11 is 0. The van der Waals surface area contributed by atoms with Gasteiger partial charge in [-0.15, -0.1) is 0 Å². The zero-order chi connectivity index (χ0) is 13.1. The number of nitrogens with one attached hydrogen (secondary N) is 1. The first kappa shape index (κ1) is 12.6. The van der Waals surface area contributed by atoms with Crippen LogP contribution in [0.4, 0.5) is 14.5 Å². The first-order chi connectivity index (χ1) is 8.60. The van der Waals surface area contributed by atoms with Crippen molar-refractivity contribution in [2.45, 2.75) is 18.9 Å². The lowest BCUT2D eigenvalue weighted by Crippen LogP contribution is -2.23. The van der Waals surface area contributed by atoms with E-state index in [0.29, 0.717) is 6.42 Å². The maximum atomic E-state index is 12.3. The molecule has 0 spiro atoms. The Balaban J connectivity index is 1.90. The number of nitrogens with zero attached hydrogens (tertiary/aromatic N) is 1. The van der Waals surface area contributed by atoms with Crippen molar-refractivity contribution < 1.29 is 13.5 Å². The molecule has 0 saturated heterocycles. The zero-order valence-corrected chi connectivity index (χ0v) is 9.94. The molecule has 0 heterocycles. The fraction of sp³-hybridized carbons (Fsp3) is 0.417. The minimum Gasteiger partial charge on any atom is -0.497 e. The number of ether oxygens (including phenoxy) is 1. The van der Waals surface area contributed by atoms with Crippen LogP contribution in [-0.2, 0) is 0 Å². The molecule has 98 valence electrons. The Morgan fingerprint density at radius 2 is 2.11 bits per heavy atom. The van der Waals surface area contributed by atoms with Crippen LogP contribution < -0.4 is 15.8 Å². The van der Waals surface area contributed by atoms with E-state index in [9.17, 15) is 8.78 Å². The van der Waals surface area contributed by atoms with E-state index in [0.717, 1.165) is 11.4 Å². The summed E-state index contributed by atoms with van der Waals surface area (Å²) in [6.07, 6.45) is -1.91. The lowest BCUT2D eigenvalue weighted by atomic mass is 10.3. The van der Waals surface area contributed by atoms with Gasteiger partial charge in [-0.3, -0.25) is 0 Å². The standard InChI is InChI=1S/C12H15F2N3O/c1-18-8-4-2-7(3-5-8)16-12(15)17-10-6-9(10)11(13)14/h2-5,9-11H,6H2,1H3,(H3,15,16,17)/t9-,10-/m0/s1. The molecule has 0 aliphatic heterocycles. The number of alkyl halides is 2. The molecule has 1 fully saturated rings. The maximum absolute atomic E-state index is 12.3. The van der Waals surface area contributed by atoms with Gasteiger partial charge in [-0.1, -0.05) is 0 Å². The molecule has 18 heavy (non-hydrogen) atoms. The molecule has 0 amide bonds. The van der Waals surface area contributed by atoms with Crippen molar-refractivity contribution in [2.75, 3.05) is 12.4 Å². The van der Waals surface area contributed by atoms with Crippen molar-refractivity contribution in [3.63, 3.8) is 0 Å². The molecule has 1 aliphatic rings. The highest BCUT2D eigenvalue weighted by Gasteiger charge is 2.44. The second-order valence-corrected chi connectivity index (χ2v) is 4.17. The normalized spacial score (nSPS) is 23.0. The highest BCUT2D eigenvalue weighted by Crippen LogP contribution is 2.38. The van der Waals surface area contributed by atoms with Crippen molar-refractivity contribution in [1.82, 2.24) is 0 Å². The molecule has 6 heteroatoms. The highest BCUT2D eigenvalue weighted by molar-refractivity contribution is 5.92. The monoisotopic (exact) mass is 255 g/mol. The second-order valence-electron chi connectivity index (χ2n) is 4.17. The number of methoxy groups -OCH3 is 1. The minimum absolute atomic E-state index is 0.160. The molecule has 3 N–H and O–H groups in total. The fourth-order valence-corrected chi connectivity index (χ4v) is 1.65. The van der Waals surface area contributed by atoms with E-state index in [1.807, 2.05) is 0 Å². The summed E-state index contributed by atoms with van der Waals surface area (Å²) in [5.41, 5.74) is 6.38. The van der Waals surface area contributed by atoms with Gasteiger partial charge in [0.05, 0.1) is 13.2 Å². The highest BCUT2D eigenvalue weighted by atomic mass is 19.3. The molecular weight excluding hydrogens is 240 g/mol. The molecule has 0 bridgehead atoms. The van der Waals surface area contributed by atoms with Crippen molar-refractivity contribution in [2.24, 2.45) is 16.6 Å². The summed E-state index contributed by atoms with van der Waals surface area (Å²) in [6.45, 7) is 0. The number of rotatable bonds is 4. The predicted molar refractivity (Wildman–Crippen MR) is 66.1 cm³/mol. The summed E-state index contributed by atoms with van der Waals surface area (Å²) in [5.74, 6) is 0.255.